The SMILES string of the molecule is COCCN(CCc1cccc(B2OC(C)(C)C(C)(C)O2)c1)C(=O)OC(C)(C)C. The fraction of sp³-hybridized carbons (Fsp3) is 0.682. The number of hydrogen-bond donors (Lipinski definition) is 0. The van der Waals surface area contributed by atoms with Crippen LogP contribution in [0, 0.1) is 0 Å². The van der Waals surface area contributed by atoms with Gasteiger partial charge in [-0.3, -0.25) is 0 Å². The predicted octanol–water partition coefficient (Wildman–Crippen LogP) is 3.41. The number of benzene rings is 1. The molecule has 0 radical (unpaired) electrons. The summed E-state index contributed by atoms with van der Waals surface area (Å²) < 4.78 is 23.0. The molecule has 1 amide bonds. The first kappa shape index (κ1) is 23.7. The van der Waals surface area contributed by atoms with E-state index in [1.807, 2.05) is 60.6 Å². The first-order valence-electron chi connectivity index (χ1n) is 10.3. The molecule has 6 nitrogen and oxygen atoms in total. The van der Waals surface area contributed by atoms with Crippen LogP contribution in [0.2, 0.25) is 0 Å². The van der Waals surface area contributed by atoms with Crippen LogP contribution in [0.25, 0.3) is 0 Å². The molecule has 7 heteroatoms. The van der Waals surface area contributed by atoms with Gasteiger partial charge >= 0.3 is 13.2 Å². The van der Waals surface area contributed by atoms with Gasteiger partial charge in [-0.25, -0.2) is 4.79 Å². The molecule has 1 aliphatic rings. The lowest BCUT2D eigenvalue weighted by molar-refractivity contribution is 0.00578. The smallest absolute Gasteiger partial charge is 0.444 e. The van der Waals surface area contributed by atoms with E-state index in [1.54, 1.807) is 12.0 Å². The number of ether oxygens (including phenoxy) is 2. The van der Waals surface area contributed by atoms with Gasteiger partial charge in [0.25, 0.3) is 0 Å². The molecule has 1 saturated heterocycles. The third-order valence-corrected chi connectivity index (χ3v) is 5.36. The van der Waals surface area contributed by atoms with Gasteiger partial charge in [0.05, 0.1) is 17.8 Å². The Hall–Kier alpha value is -1.57. The molecule has 2 rings (SSSR count). The Bertz CT molecular complexity index is 683. The Morgan fingerprint density at radius 1 is 1.10 bits per heavy atom. The second-order valence-corrected chi connectivity index (χ2v) is 9.54. The lowest BCUT2D eigenvalue weighted by Gasteiger charge is -2.32. The van der Waals surface area contributed by atoms with Crippen molar-refractivity contribution in [1.29, 1.82) is 0 Å². The molecule has 29 heavy (non-hydrogen) atoms. The van der Waals surface area contributed by atoms with Gasteiger partial charge in [-0.2, -0.15) is 0 Å². The highest BCUT2D eigenvalue weighted by atomic mass is 16.7. The molecule has 162 valence electrons. The highest BCUT2D eigenvalue weighted by Crippen LogP contribution is 2.36. The van der Waals surface area contributed by atoms with Crippen molar-refractivity contribution in [2.75, 3.05) is 26.8 Å². The topological polar surface area (TPSA) is 57.2 Å². The van der Waals surface area contributed by atoms with Crippen molar-refractivity contribution >= 4 is 18.7 Å². The zero-order valence-corrected chi connectivity index (χ0v) is 19.2. The van der Waals surface area contributed by atoms with Gasteiger partial charge in [-0.15, -0.1) is 0 Å². The quantitative estimate of drug-likeness (QED) is 0.651. The first-order chi connectivity index (χ1) is 13.3. The van der Waals surface area contributed by atoms with E-state index < -0.39 is 12.7 Å². The summed E-state index contributed by atoms with van der Waals surface area (Å²) in [5, 5.41) is 0. The van der Waals surface area contributed by atoms with Crippen molar-refractivity contribution < 1.29 is 23.6 Å². The Labute approximate surface area is 176 Å². The lowest BCUT2D eigenvalue weighted by Crippen LogP contribution is -2.41. The van der Waals surface area contributed by atoms with Crippen LogP contribution in [-0.4, -0.2) is 61.7 Å². The van der Waals surface area contributed by atoms with Gasteiger partial charge in [0, 0.05) is 20.2 Å². The maximum Gasteiger partial charge on any atom is 0.494 e. The second kappa shape index (κ2) is 9.06. The summed E-state index contributed by atoms with van der Waals surface area (Å²) >= 11 is 0. The molecular weight excluding hydrogens is 369 g/mol. The van der Waals surface area contributed by atoms with Crippen molar-refractivity contribution in [2.45, 2.75) is 71.7 Å². The molecule has 1 aromatic carbocycles. The number of carbonyl (C=O) groups is 1. The molecule has 0 bridgehead atoms. The van der Waals surface area contributed by atoms with Gasteiger partial charge < -0.3 is 23.7 Å². The van der Waals surface area contributed by atoms with E-state index in [4.69, 9.17) is 18.8 Å². The number of rotatable bonds is 7. The zero-order chi connectivity index (χ0) is 21.9. The molecule has 1 aliphatic heterocycles. The predicted molar refractivity (Wildman–Crippen MR) is 116 cm³/mol. The fourth-order valence-electron chi connectivity index (χ4n) is 2.96. The molecule has 0 aliphatic carbocycles. The molecule has 0 N–H and O–H groups in total. The summed E-state index contributed by atoms with van der Waals surface area (Å²) in [4.78, 5) is 14.2. The van der Waals surface area contributed by atoms with E-state index in [9.17, 15) is 4.79 Å². The minimum atomic E-state index is -0.529. The Balaban J connectivity index is 2.05. The minimum Gasteiger partial charge on any atom is -0.444 e. The van der Waals surface area contributed by atoms with E-state index in [0.717, 1.165) is 11.0 Å². The van der Waals surface area contributed by atoms with Gasteiger partial charge in [0.15, 0.2) is 0 Å². The van der Waals surface area contributed by atoms with Crippen LogP contribution in [0.4, 0.5) is 4.79 Å². The summed E-state index contributed by atoms with van der Waals surface area (Å²) in [7, 11) is 1.23. The maximum absolute atomic E-state index is 12.5. The van der Waals surface area contributed by atoms with Crippen molar-refractivity contribution in [3.8, 4) is 0 Å². The summed E-state index contributed by atoms with van der Waals surface area (Å²) in [6, 6.07) is 8.16. The molecule has 0 saturated carbocycles. The number of amides is 1. The molecule has 1 fully saturated rings. The standard InChI is InChI=1S/C22H36BNO5/c1-20(2,3)27-19(25)24(14-15-26-8)13-12-17-10-9-11-18(16-17)23-28-21(4,5)22(6,7)29-23/h9-11,16H,12-15H2,1-8H3. The second-order valence-electron chi connectivity index (χ2n) is 9.54. The first-order valence-corrected chi connectivity index (χ1v) is 10.3. The number of nitrogens with zero attached hydrogens (tertiary/aromatic N) is 1. The Kier molecular flexibility index (Phi) is 7.41. The Morgan fingerprint density at radius 2 is 1.72 bits per heavy atom. The van der Waals surface area contributed by atoms with Crippen LogP contribution in [0.1, 0.15) is 54.0 Å². The minimum absolute atomic E-state index is 0.323. The summed E-state index contributed by atoms with van der Waals surface area (Å²) in [6.45, 7) is 15.3. The van der Waals surface area contributed by atoms with Crippen LogP contribution in [-0.2, 0) is 25.2 Å². The van der Waals surface area contributed by atoms with Crippen LogP contribution in [0.15, 0.2) is 24.3 Å². The number of carbonyl (C=O) groups excluding carboxylic acids is 1. The molecule has 0 spiro atoms. The van der Waals surface area contributed by atoms with E-state index in [-0.39, 0.29) is 17.3 Å². The van der Waals surface area contributed by atoms with E-state index in [1.165, 1.54) is 0 Å². The van der Waals surface area contributed by atoms with Gasteiger partial charge in [-0.05, 0) is 65.9 Å². The van der Waals surface area contributed by atoms with Gasteiger partial charge in [0.2, 0.25) is 0 Å². The molecule has 1 heterocycles. The number of methoxy groups -OCH3 is 1. The third-order valence-electron chi connectivity index (χ3n) is 5.36. The zero-order valence-electron chi connectivity index (χ0n) is 19.2. The maximum atomic E-state index is 12.5. The highest BCUT2D eigenvalue weighted by molar-refractivity contribution is 6.62. The van der Waals surface area contributed by atoms with Crippen molar-refractivity contribution in [3.63, 3.8) is 0 Å². The van der Waals surface area contributed by atoms with E-state index >= 15 is 0 Å². The number of hydrogen-bond acceptors (Lipinski definition) is 5. The molecule has 0 atom stereocenters. The van der Waals surface area contributed by atoms with E-state index in [2.05, 4.69) is 12.1 Å². The monoisotopic (exact) mass is 405 g/mol. The largest absolute Gasteiger partial charge is 0.494 e. The van der Waals surface area contributed by atoms with Gasteiger partial charge in [0.1, 0.15) is 5.60 Å². The summed E-state index contributed by atoms with van der Waals surface area (Å²) in [6.07, 6.45) is 0.382. The van der Waals surface area contributed by atoms with Crippen molar-refractivity contribution in [1.82, 2.24) is 4.90 Å². The molecular formula is C22H36BNO5. The molecule has 1 aromatic rings. The van der Waals surface area contributed by atoms with Gasteiger partial charge in [-0.1, -0.05) is 24.3 Å². The fourth-order valence-corrected chi connectivity index (χ4v) is 2.96. The van der Waals surface area contributed by atoms with Crippen LogP contribution in [0.5, 0.6) is 0 Å². The average Bonchev–Trinajstić information content (AvgIpc) is 2.81. The average molecular weight is 405 g/mol. The van der Waals surface area contributed by atoms with E-state index in [0.29, 0.717) is 26.1 Å². The van der Waals surface area contributed by atoms with Crippen molar-refractivity contribution in [3.05, 3.63) is 29.8 Å². The molecule has 0 unspecified atom stereocenters. The van der Waals surface area contributed by atoms with Crippen molar-refractivity contribution in [2.24, 2.45) is 0 Å². The summed E-state index contributed by atoms with van der Waals surface area (Å²) in [5.74, 6) is 0. The molecule has 0 aromatic heterocycles. The normalized spacial score (nSPS) is 18.0. The Morgan fingerprint density at radius 3 is 2.28 bits per heavy atom. The van der Waals surface area contributed by atoms with Crippen LogP contribution < -0.4 is 5.46 Å². The highest BCUT2D eigenvalue weighted by Gasteiger charge is 2.51. The van der Waals surface area contributed by atoms with Crippen LogP contribution >= 0.6 is 0 Å². The third kappa shape index (κ3) is 6.46. The summed E-state index contributed by atoms with van der Waals surface area (Å²) in [5.41, 5.74) is 0.826. The van der Waals surface area contributed by atoms with Crippen LogP contribution in [0.3, 0.4) is 0 Å². The lowest BCUT2D eigenvalue weighted by atomic mass is 9.78.